The van der Waals surface area contributed by atoms with Crippen LogP contribution >= 0.6 is 11.3 Å². The normalized spacial score (nSPS) is 10.6. The van der Waals surface area contributed by atoms with Crippen molar-refractivity contribution in [2.45, 2.75) is 13.0 Å². The molecule has 0 saturated heterocycles. The smallest absolute Gasteiger partial charge is 0.387 e. The Balaban J connectivity index is 1.57. The van der Waals surface area contributed by atoms with Gasteiger partial charge in [0.15, 0.2) is 5.13 Å². The molecule has 0 aliphatic heterocycles. The van der Waals surface area contributed by atoms with Crippen molar-refractivity contribution < 1.29 is 18.3 Å². The van der Waals surface area contributed by atoms with E-state index in [1.165, 1.54) is 29.5 Å². The highest BCUT2D eigenvalue weighted by molar-refractivity contribution is 7.13. The van der Waals surface area contributed by atoms with Gasteiger partial charge >= 0.3 is 6.61 Å². The van der Waals surface area contributed by atoms with Gasteiger partial charge in [0.05, 0.1) is 12.1 Å². The number of nitrogens with one attached hydrogen (secondary N) is 2. The zero-order valence-electron chi connectivity index (χ0n) is 13.2. The fourth-order valence-corrected chi connectivity index (χ4v) is 2.73. The molecule has 7 nitrogen and oxygen atoms in total. The molecule has 0 bridgehead atoms. The lowest BCUT2D eigenvalue weighted by Crippen LogP contribution is -2.14. The van der Waals surface area contributed by atoms with Crippen molar-refractivity contribution in [3.63, 3.8) is 0 Å². The summed E-state index contributed by atoms with van der Waals surface area (Å²) in [5, 5.41) is 7.86. The van der Waals surface area contributed by atoms with Crippen LogP contribution < -0.4 is 15.4 Å². The van der Waals surface area contributed by atoms with Crippen molar-refractivity contribution in [1.29, 1.82) is 0 Å². The van der Waals surface area contributed by atoms with E-state index in [9.17, 15) is 13.6 Å². The van der Waals surface area contributed by atoms with Crippen LogP contribution in [0, 0.1) is 0 Å². The largest absolute Gasteiger partial charge is 0.435 e. The Morgan fingerprint density at radius 3 is 2.81 bits per heavy atom. The van der Waals surface area contributed by atoms with E-state index in [1.54, 1.807) is 29.9 Å². The molecule has 3 rings (SSSR count). The van der Waals surface area contributed by atoms with E-state index < -0.39 is 6.61 Å². The summed E-state index contributed by atoms with van der Waals surface area (Å²) < 4.78 is 28.8. The van der Waals surface area contributed by atoms with E-state index in [0.717, 1.165) is 0 Å². The summed E-state index contributed by atoms with van der Waals surface area (Å²) in [7, 11) is 0. The van der Waals surface area contributed by atoms with E-state index >= 15 is 0 Å². The number of carbonyl (C=O) groups excluding carboxylic acids is 1. The number of amides is 1. The predicted octanol–water partition coefficient (Wildman–Crippen LogP) is 3.46. The highest BCUT2D eigenvalue weighted by Gasteiger charge is 2.10. The SMILES string of the molecule is O=C(Cc1csc(Nc2ncccn2)n1)Nc1cccc(OC(F)F)c1. The average molecular weight is 377 g/mol. The second-order valence-corrected chi connectivity index (χ2v) is 5.83. The van der Waals surface area contributed by atoms with Gasteiger partial charge in [-0.15, -0.1) is 11.3 Å². The van der Waals surface area contributed by atoms with Gasteiger partial charge in [-0.3, -0.25) is 4.79 Å². The molecule has 0 unspecified atom stereocenters. The maximum Gasteiger partial charge on any atom is 0.387 e. The van der Waals surface area contributed by atoms with Gasteiger partial charge in [-0.25, -0.2) is 15.0 Å². The third-order valence-electron chi connectivity index (χ3n) is 3.02. The van der Waals surface area contributed by atoms with Crippen LogP contribution in [-0.2, 0) is 11.2 Å². The van der Waals surface area contributed by atoms with Crippen molar-refractivity contribution in [3.05, 3.63) is 53.8 Å². The van der Waals surface area contributed by atoms with Gasteiger partial charge < -0.3 is 15.4 Å². The Morgan fingerprint density at radius 2 is 2.04 bits per heavy atom. The molecule has 2 N–H and O–H groups in total. The Morgan fingerprint density at radius 1 is 1.23 bits per heavy atom. The Labute approximate surface area is 151 Å². The molecule has 0 spiro atoms. The molecule has 0 atom stereocenters. The van der Waals surface area contributed by atoms with Crippen molar-refractivity contribution in [3.8, 4) is 5.75 Å². The van der Waals surface area contributed by atoms with Crippen LogP contribution in [0.1, 0.15) is 5.69 Å². The second-order valence-electron chi connectivity index (χ2n) is 4.97. The molecule has 1 aromatic carbocycles. The minimum Gasteiger partial charge on any atom is -0.435 e. The highest BCUT2D eigenvalue weighted by Crippen LogP contribution is 2.21. The van der Waals surface area contributed by atoms with E-state index in [1.807, 2.05) is 0 Å². The lowest BCUT2D eigenvalue weighted by molar-refractivity contribution is -0.115. The number of halogens is 2. The molecule has 2 heterocycles. The van der Waals surface area contributed by atoms with Crippen molar-refractivity contribution in [1.82, 2.24) is 15.0 Å². The summed E-state index contributed by atoms with van der Waals surface area (Å²) >= 11 is 1.32. The Bertz CT molecular complexity index is 876. The number of rotatable bonds is 7. The Hall–Kier alpha value is -3.14. The molecule has 0 fully saturated rings. The van der Waals surface area contributed by atoms with Crippen LogP contribution in [0.3, 0.4) is 0 Å². The van der Waals surface area contributed by atoms with Gasteiger partial charge in [-0.2, -0.15) is 8.78 Å². The molecule has 0 radical (unpaired) electrons. The van der Waals surface area contributed by atoms with Gasteiger partial charge in [0.1, 0.15) is 5.75 Å². The van der Waals surface area contributed by atoms with Gasteiger partial charge in [0.2, 0.25) is 11.9 Å². The number of alkyl halides is 2. The van der Waals surface area contributed by atoms with Crippen molar-refractivity contribution in [2.75, 3.05) is 10.6 Å². The molecule has 0 aliphatic rings. The first kappa shape index (κ1) is 17.7. The van der Waals surface area contributed by atoms with Crippen LogP contribution in [0.15, 0.2) is 48.1 Å². The van der Waals surface area contributed by atoms with Gasteiger partial charge in [0.25, 0.3) is 0 Å². The number of thiazole rings is 1. The van der Waals surface area contributed by atoms with Gasteiger partial charge in [-0.1, -0.05) is 6.07 Å². The number of ether oxygens (including phenoxy) is 1. The maximum atomic E-state index is 12.2. The van der Waals surface area contributed by atoms with Crippen molar-refractivity contribution in [2.24, 2.45) is 0 Å². The van der Waals surface area contributed by atoms with E-state index in [4.69, 9.17) is 0 Å². The predicted molar refractivity (Wildman–Crippen MR) is 92.8 cm³/mol. The zero-order valence-corrected chi connectivity index (χ0v) is 14.0. The first-order valence-electron chi connectivity index (χ1n) is 7.41. The average Bonchev–Trinajstić information content (AvgIpc) is 3.02. The van der Waals surface area contributed by atoms with E-state index in [2.05, 4.69) is 30.3 Å². The van der Waals surface area contributed by atoms with E-state index in [0.29, 0.717) is 22.5 Å². The monoisotopic (exact) mass is 377 g/mol. The zero-order chi connectivity index (χ0) is 18.4. The fraction of sp³-hybridized carbons (Fsp3) is 0.125. The molecule has 10 heteroatoms. The molecule has 26 heavy (non-hydrogen) atoms. The third kappa shape index (κ3) is 5.18. The van der Waals surface area contributed by atoms with Gasteiger partial charge in [-0.05, 0) is 18.2 Å². The number of anilines is 3. The Kier molecular flexibility index (Phi) is 5.64. The molecule has 0 aliphatic carbocycles. The van der Waals surface area contributed by atoms with Crippen molar-refractivity contribution >= 4 is 34.0 Å². The summed E-state index contributed by atoms with van der Waals surface area (Å²) in [4.78, 5) is 24.4. The minimum absolute atomic E-state index is 0.0270. The van der Waals surface area contributed by atoms with Crippen LogP contribution in [0.2, 0.25) is 0 Å². The van der Waals surface area contributed by atoms with Crippen LogP contribution in [0.4, 0.5) is 25.5 Å². The summed E-state index contributed by atoms with van der Waals surface area (Å²) in [6, 6.07) is 7.50. The third-order valence-corrected chi connectivity index (χ3v) is 3.83. The number of carbonyl (C=O) groups is 1. The molecule has 0 saturated carbocycles. The first-order valence-corrected chi connectivity index (χ1v) is 8.29. The van der Waals surface area contributed by atoms with Crippen LogP contribution in [-0.4, -0.2) is 27.5 Å². The topological polar surface area (TPSA) is 89.0 Å². The summed E-state index contributed by atoms with van der Waals surface area (Å²) in [6.07, 6.45) is 3.24. The lowest BCUT2D eigenvalue weighted by Gasteiger charge is -2.07. The second kappa shape index (κ2) is 8.30. The number of nitrogens with zero attached hydrogens (tertiary/aromatic N) is 3. The highest BCUT2D eigenvalue weighted by atomic mass is 32.1. The quantitative estimate of drug-likeness (QED) is 0.656. The maximum absolute atomic E-state index is 12.2. The molecular formula is C16H13F2N5O2S. The summed E-state index contributed by atoms with van der Waals surface area (Å²) in [6.45, 7) is -2.92. The minimum atomic E-state index is -2.92. The molecule has 2 aromatic heterocycles. The van der Waals surface area contributed by atoms with Crippen LogP contribution in [0.5, 0.6) is 5.75 Å². The molecule has 134 valence electrons. The van der Waals surface area contributed by atoms with E-state index in [-0.39, 0.29) is 18.1 Å². The fourth-order valence-electron chi connectivity index (χ4n) is 2.02. The van der Waals surface area contributed by atoms with Gasteiger partial charge in [0, 0.05) is 29.5 Å². The lowest BCUT2D eigenvalue weighted by atomic mass is 10.2. The summed E-state index contributed by atoms with van der Waals surface area (Å²) in [5.74, 6) is 0.0570. The van der Waals surface area contributed by atoms with Crippen LogP contribution in [0.25, 0.3) is 0 Å². The molecular weight excluding hydrogens is 364 g/mol. The standard InChI is InChI=1S/C16H13F2N5O2S/c17-14(18)25-12-4-1-3-10(7-12)21-13(24)8-11-9-26-16(22-11)23-15-19-5-2-6-20-15/h1-7,9,14H,8H2,(H,21,24)(H,19,20,22,23). The number of aromatic nitrogens is 3. The first-order chi connectivity index (χ1) is 12.6. The molecule has 3 aromatic rings. The number of hydrogen-bond donors (Lipinski definition) is 2. The number of benzene rings is 1. The number of hydrogen-bond acceptors (Lipinski definition) is 7. The molecule has 1 amide bonds. The summed E-state index contributed by atoms with van der Waals surface area (Å²) in [5.41, 5.74) is 0.922.